The van der Waals surface area contributed by atoms with Crippen molar-refractivity contribution >= 4 is 17.8 Å². The summed E-state index contributed by atoms with van der Waals surface area (Å²) in [5.74, 6) is -0.0628. The first-order valence-electron chi connectivity index (χ1n) is 10.5. The number of hydrogen-bond donors (Lipinski definition) is 1. The van der Waals surface area contributed by atoms with Crippen LogP contribution in [-0.2, 0) is 16.0 Å². The van der Waals surface area contributed by atoms with Gasteiger partial charge in [-0.3, -0.25) is 9.59 Å². The molecule has 1 saturated heterocycles. The predicted octanol–water partition coefficient (Wildman–Crippen LogP) is 2.94. The van der Waals surface area contributed by atoms with Crippen LogP contribution in [0.2, 0.25) is 0 Å². The fourth-order valence-corrected chi connectivity index (χ4v) is 4.94. The Hall–Kier alpha value is -3.35. The van der Waals surface area contributed by atoms with Crippen molar-refractivity contribution in [1.29, 1.82) is 0 Å². The molecule has 0 spiro atoms. The van der Waals surface area contributed by atoms with Crippen molar-refractivity contribution in [3.63, 3.8) is 0 Å². The average Bonchev–Trinajstić information content (AvgIpc) is 3.31. The van der Waals surface area contributed by atoms with Gasteiger partial charge >= 0.3 is 5.97 Å². The molecule has 7 heteroatoms. The zero-order valence-electron chi connectivity index (χ0n) is 17.3. The van der Waals surface area contributed by atoms with Gasteiger partial charge in [0, 0.05) is 18.2 Å². The summed E-state index contributed by atoms with van der Waals surface area (Å²) in [5, 5.41) is 9.52. The molecule has 2 fully saturated rings. The summed E-state index contributed by atoms with van der Waals surface area (Å²) in [7, 11) is 0. The van der Waals surface area contributed by atoms with E-state index < -0.39 is 12.0 Å². The van der Waals surface area contributed by atoms with Gasteiger partial charge in [0.15, 0.2) is 0 Å². The zero-order chi connectivity index (χ0) is 21.8. The molecule has 2 heterocycles. The van der Waals surface area contributed by atoms with Crippen molar-refractivity contribution in [2.24, 2.45) is 5.41 Å². The number of aliphatic carboxylic acids is 1. The molecule has 2 aromatic carbocycles. The predicted molar refractivity (Wildman–Crippen MR) is 112 cm³/mol. The highest BCUT2D eigenvalue weighted by Gasteiger charge is 2.64. The minimum atomic E-state index is -0.969. The molecule has 2 amide bonds. The molecular formula is C24H24N2O5. The van der Waals surface area contributed by atoms with Gasteiger partial charge in [0.1, 0.15) is 24.1 Å². The van der Waals surface area contributed by atoms with Crippen LogP contribution in [0.4, 0.5) is 0 Å². The summed E-state index contributed by atoms with van der Waals surface area (Å²) in [6, 6.07) is 14.0. The number of carboxylic acid groups (broad SMARTS) is 1. The van der Waals surface area contributed by atoms with Crippen molar-refractivity contribution in [3.8, 4) is 11.5 Å². The lowest BCUT2D eigenvalue weighted by Gasteiger charge is -2.31. The lowest BCUT2D eigenvalue weighted by atomic mass is 9.98. The van der Waals surface area contributed by atoms with Gasteiger partial charge in [-0.2, -0.15) is 0 Å². The quantitative estimate of drug-likeness (QED) is 0.804. The molecule has 1 N–H and O–H groups in total. The molecule has 1 saturated carbocycles. The maximum absolute atomic E-state index is 13.0. The third kappa shape index (κ3) is 3.44. The molecule has 0 aromatic heterocycles. The number of ether oxygens (including phenoxy) is 1. The van der Waals surface area contributed by atoms with Gasteiger partial charge in [0.05, 0.1) is 0 Å². The average molecular weight is 420 g/mol. The van der Waals surface area contributed by atoms with Crippen LogP contribution < -0.4 is 4.74 Å². The van der Waals surface area contributed by atoms with Gasteiger partial charge in [-0.25, -0.2) is 4.79 Å². The summed E-state index contributed by atoms with van der Waals surface area (Å²) in [6.07, 6.45) is 1.94. The Kier molecular flexibility index (Phi) is 4.50. The highest BCUT2D eigenvalue weighted by Crippen LogP contribution is 2.59. The van der Waals surface area contributed by atoms with E-state index in [0.29, 0.717) is 30.7 Å². The second-order valence-electron chi connectivity index (χ2n) is 8.94. The first-order valence-corrected chi connectivity index (χ1v) is 10.5. The van der Waals surface area contributed by atoms with Crippen LogP contribution in [-0.4, -0.2) is 57.9 Å². The van der Waals surface area contributed by atoms with E-state index in [1.165, 1.54) is 9.80 Å². The van der Waals surface area contributed by atoms with E-state index in [4.69, 9.17) is 4.74 Å². The van der Waals surface area contributed by atoms with E-state index in [2.05, 4.69) is 0 Å². The monoisotopic (exact) mass is 420 g/mol. The highest BCUT2D eigenvalue weighted by molar-refractivity contribution is 5.99. The van der Waals surface area contributed by atoms with Gasteiger partial charge in [-0.1, -0.05) is 25.1 Å². The number of para-hydroxylation sites is 1. The van der Waals surface area contributed by atoms with Crippen molar-refractivity contribution in [3.05, 3.63) is 59.7 Å². The molecule has 0 bridgehead atoms. The summed E-state index contributed by atoms with van der Waals surface area (Å²) in [6.45, 7) is 2.36. The molecule has 3 aliphatic rings. The molecule has 5 rings (SSSR count). The lowest BCUT2D eigenvalue weighted by Crippen LogP contribution is -2.50. The number of rotatable bonds is 5. The van der Waals surface area contributed by atoms with Crippen LogP contribution in [0.1, 0.15) is 35.7 Å². The number of nitrogens with zero attached hydrogens (tertiary/aromatic N) is 2. The SMILES string of the molecule is C[C@@]12C[C@@H]1N(C(=O)CN1CCc3cc(Oc4ccccc4)ccc3C1=O)[C@H](C(=O)O)C2. The van der Waals surface area contributed by atoms with Gasteiger partial charge in [0.25, 0.3) is 5.91 Å². The molecular weight excluding hydrogens is 396 g/mol. The van der Waals surface area contributed by atoms with Crippen LogP contribution >= 0.6 is 0 Å². The number of carbonyl (C=O) groups is 3. The Morgan fingerprint density at radius 1 is 1.13 bits per heavy atom. The number of carboxylic acids is 1. The molecule has 31 heavy (non-hydrogen) atoms. The van der Waals surface area contributed by atoms with Crippen molar-refractivity contribution in [2.75, 3.05) is 13.1 Å². The van der Waals surface area contributed by atoms with Crippen molar-refractivity contribution < 1.29 is 24.2 Å². The van der Waals surface area contributed by atoms with Crippen LogP contribution in [0, 0.1) is 5.41 Å². The van der Waals surface area contributed by atoms with E-state index in [-0.39, 0.29) is 29.8 Å². The fraction of sp³-hybridized carbons (Fsp3) is 0.375. The topological polar surface area (TPSA) is 87.2 Å². The number of hydrogen-bond acceptors (Lipinski definition) is 4. The molecule has 7 nitrogen and oxygen atoms in total. The zero-order valence-corrected chi connectivity index (χ0v) is 17.3. The molecule has 160 valence electrons. The second kappa shape index (κ2) is 7.11. The minimum absolute atomic E-state index is 0.0222. The Balaban J connectivity index is 1.29. The van der Waals surface area contributed by atoms with Gasteiger partial charge in [0.2, 0.25) is 5.91 Å². The van der Waals surface area contributed by atoms with E-state index in [1.807, 2.05) is 43.3 Å². The maximum atomic E-state index is 13.0. The summed E-state index contributed by atoms with van der Waals surface area (Å²) < 4.78 is 5.86. The van der Waals surface area contributed by atoms with E-state index in [9.17, 15) is 19.5 Å². The number of carbonyl (C=O) groups excluding carboxylic acids is 2. The Bertz CT molecular complexity index is 1070. The Morgan fingerprint density at radius 2 is 1.90 bits per heavy atom. The van der Waals surface area contributed by atoms with Gasteiger partial charge in [-0.15, -0.1) is 0 Å². The molecule has 3 atom stereocenters. The summed E-state index contributed by atoms with van der Waals surface area (Å²) >= 11 is 0. The van der Waals surface area contributed by atoms with E-state index in [1.54, 1.807) is 12.1 Å². The van der Waals surface area contributed by atoms with Gasteiger partial charge in [-0.05, 0) is 60.6 Å². The molecule has 1 aliphatic carbocycles. The summed E-state index contributed by atoms with van der Waals surface area (Å²) in [5.41, 5.74) is 1.36. The van der Waals surface area contributed by atoms with Crippen LogP contribution in [0.15, 0.2) is 48.5 Å². The molecule has 0 radical (unpaired) electrons. The second-order valence-corrected chi connectivity index (χ2v) is 8.94. The highest BCUT2D eigenvalue weighted by atomic mass is 16.5. The number of amides is 2. The van der Waals surface area contributed by atoms with Gasteiger partial charge < -0.3 is 19.6 Å². The first-order chi connectivity index (χ1) is 14.9. The number of likely N-dealkylation sites (tertiary alicyclic amines) is 1. The normalized spacial score (nSPS) is 26.3. The molecule has 2 aromatic rings. The number of fused-ring (bicyclic) bond motifs is 2. The van der Waals surface area contributed by atoms with Crippen LogP contribution in [0.3, 0.4) is 0 Å². The van der Waals surface area contributed by atoms with E-state index in [0.717, 1.165) is 17.7 Å². The number of piperidine rings is 1. The molecule has 0 unspecified atom stereocenters. The Labute approximate surface area is 180 Å². The van der Waals surface area contributed by atoms with Crippen LogP contribution in [0.5, 0.6) is 11.5 Å². The largest absolute Gasteiger partial charge is 0.480 e. The third-order valence-corrected chi connectivity index (χ3v) is 6.76. The Morgan fingerprint density at radius 3 is 2.65 bits per heavy atom. The van der Waals surface area contributed by atoms with Crippen molar-refractivity contribution in [1.82, 2.24) is 9.80 Å². The molecule has 2 aliphatic heterocycles. The first kappa shape index (κ1) is 19.6. The smallest absolute Gasteiger partial charge is 0.326 e. The standard InChI is InChI=1S/C24H24N2O5/c1-24-12-19(23(29)30)26(20(24)13-24)21(27)14-25-10-9-15-11-17(7-8-18(15)22(25)28)31-16-5-3-2-4-6-16/h2-8,11,19-20H,9-10,12-14H2,1H3,(H,29,30)/t19-,20-,24+/m0/s1. The lowest BCUT2D eigenvalue weighted by molar-refractivity contribution is -0.149. The third-order valence-electron chi connectivity index (χ3n) is 6.76. The maximum Gasteiger partial charge on any atom is 0.326 e. The summed E-state index contributed by atoms with van der Waals surface area (Å²) in [4.78, 5) is 40.6. The van der Waals surface area contributed by atoms with Crippen molar-refractivity contribution in [2.45, 2.75) is 38.3 Å². The van der Waals surface area contributed by atoms with Crippen LogP contribution in [0.25, 0.3) is 0 Å². The fourth-order valence-electron chi connectivity index (χ4n) is 4.94. The van der Waals surface area contributed by atoms with E-state index >= 15 is 0 Å². The number of benzene rings is 2. The minimum Gasteiger partial charge on any atom is -0.480 e.